The molecule has 1 aromatic heterocycles. The highest BCUT2D eigenvalue weighted by atomic mass is 16.6. The van der Waals surface area contributed by atoms with Crippen LogP contribution in [0.2, 0.25) is 0 Å². The summed E-state index contributed by atoms with van der Waals surface area (Å²) in [6.45, 7) is 4.58. The first-order valence-electron chi connectivity index (χ1n) is 6.60. The van der Waals surface area contributed by atoms with E-state index < -0.39 is 23.4 Å². The van der Waals surface area contributed by atoms with Crippen LogP contribution < -0.4 is 5.32 Å². The molecule has 0 saturated heterocycles. The molecule has 1 rings (SSSR count). The van der Waals surface area contributed by atoms with Crippen LogP contribution in [0.4, 0.5) is 0 Å². The van der Waals surface area contributed by atoms with Gasteiger partial charge < -0.3 is 19.2 Å². The van der Waals surface area contributed by atoms with Gasteiger partial charge in [0.2, 0.25) is 11.4 Å². The summed E-state index contributed by atoms with van der Waals surface area (Å²) in [5.41, 5.74) is -1.35. The first-order chi connectivity index (χ1) is 9.96. The fourth-order valence-electron chi connectivity index (χ4n) is 1.88. The zero-order valence-electron chi connectivity index (χ0n) is 12.3. The number of ether oxygens (including phenoxy) is 2. The Morgan fingerprint density at radius 2 is 1.76 bits per heavy atom. The number of rotatable bonds is 7. The van der Waals surface area contributed by atoms with E-state index in [4.69, 9.17) is 13.9 Å². The second kappa shape index (κ2) is 7.47. The molecule has 1 heterocycles. The van der Waals surface area contributed by atoms with E-state index in [0.717, 1.165) is 0 Å². The maximum absolute atomic E-state index is 12.3. The summed E-state index contributed by atoms with van der Waals surface area (Å²) in [6.07, 6.45) is 2.68. The molecule has 7 heteroatoms. The molecule has 0 aromatic carbocycles. The fourth-order valence-corrected chi connectivity index (χ4v) is 1.88. The summed E-state index contributed by atoms with van der Waals surface area (Å²) in [5.74, 6) is -2.26. The number of hydrogen-bond donors (Lipinski definition) is 1. The van der Waals surface area contributed by atoms with Crippen molar-refractivity contribution in [3.8, 4) is 0 Å². The number of carbonyl (C=O) groups is 3. The first kappa shape index (κ1) is 16.7. The van der Waals surface area contributed by atoms with E-state index >= 15 is 0 Å². The van der Waals surface area contributed by atoms with Gasteiger partial charge in [0.05, 0.1) is 25.7 Å². The van der Waals surface area contributed by atoms with Crippen molar-refractivity contribution in [1.29, 1.82) is 0 Å². The van der Waals surface area contributed by atoms with Crippen molar-refractivity contribution in [1.82, 2.24) is 5.32 Å². The Bertz CT molecular complexity index is 476. The fraction of sp³-hybridized carbons (Fsp3) is 0.500. The van der Waals surface area contributed by atoms with E-state index in [0.29, 0.717) is 5.56 Å². The molecule has 0 aliphatic heterocycles. The molecule has 0 radical (unpaired) electrons. The van der Waals surface area contributed by atoms with Gasteiger partial charge >= 0.3 is 11.9 Å². The van der Waals surface area contributed by atoms with Crippen LogP contribution in [0.1, 0.15) is 26.3 Å². The predicted octanol–water partition coefficient (Wildman–Crippen LogP) is 0.823. The van der Waals surface area contributed by atoms with Crippen LogP contribution >= 0.6 is 0 Å². The number of carbonyl (C=O) groups excluding carboxylic acids is 3. The van der Waals surface area contributed by atoms with Crippen molar-refractivity contribution in [2.45, 2.75) is 32.7 Å². The van der Waals surface area contributed by atoms with Crippen molar-refractivity contribution in [3.63, 3.8) is 0 Å². The molecule has 1 aromatic rings. The van der Waals surface area contributed by atoms with Crippen LogP contribution in [-0.2, 0) is 30.3 Å². The minimum Gasteiger partial charge on any atom is -0.472 e. The van der Waals surface area contributed by atoms with Gasteiger partial charge in [-0.3, -0.25) is 4.79 Å². The second-order valence-electron chi connectivity index (χ2n) is 4.34. The monoisotopic (exact) mass is 297 g/mol. The van der Waals surface area contributed by atoms with Crippen molar-refractivity contribution in [2.24, 2.45) is 0 Å². The third-order valence-corrected chi connectivity index (χ3v) is 2.69. The van der Waals surface area contributed by atoms with Gasteiger partial charge in [-0.25, -0.2) is 9.59 Å². The van der Waals surface area contributed by atoms with Crippen LogP contribution in [0.3, 0.4) is 0 Å². The predicted molar refractivity (Wildman–Crippen MR) is 72.2 cm³/mol. The van der Waals surface area contributed by atoms with Crippen LogP contribution in [0, 0.1) is 0 Å². The van der Waals surface area contributed by atoms with Gasteiger partial charge in [-0.1, -0.05) is 0 Å². The van der Waals surface area contributed by atoms with Crippen molar-refractivity contribution < 1.29 is 28.3 Å². The largest absolute Gasteiger partial charge is 0.472 e. The lowest BCUT2D eigenvalue weighted by Crippen LogP contribution is -2.62. The normalized spacial score (nSPS) is 10.8. The Morgan fingerprint density at radius 1 is 1.19 bits per heavy atom. The summed E-state index contributed by atoms with van der Waals surface area (Å²) < 4.78 is 14.8. The third kappa shape index (κ3) is 4.08. The number of amides is 1. The number of hydrogen-bond acceptors (Lipinski definition) is 6. The molecular weight excluding hydrogens is 278 g/mol. The molecule has 0 aliphatic carbocycles. The van der Waals surface area contributed by atoms with Gasteiger partial charge in [0.15, 0.2) is 0 Å². The van der Waals surface area contributed by atoms with Gasteiger partial charge in [-0.2, -0.15) is 0 Å². The molecule has 0 fully saturated rings. The van der Waals surface area contributed by atoms with Crippen LogP contribution in [0.5, 0.6) is 0 Å². The minimum atomic E-state index is -1.91. The molecule has 1 N–H and O–H groups in total. The molecule has 0 bridgehead atoms. The number of furan rings is 1. The lowest BCUT2D eigenvalue weighted by atomic mass is 9.91. The molecule has 0 aliphatic rings. The zero-order valence-corrected chi connectivity index (χ0v) is 12.3. The van der Waals surface area contributed by atoms with Crippen molar-refractivity contribution in [2.75, 3.05) is 13.2 Å². The SMILES string of the molecule is CCOC(=O)C(Cc1ccoc1)(NC(C)=O)C(=O)OCC. The van der Waals surface area contributed by atoms with Gasteiger partial charge in [0.25, 0.3) is 0 Å². The molecule has 7 nitrogen and oxygen atoms in total. The maximum Gasteiger partial charge on any atom is 0.344 e. The number of esters is 2. The summed E-state index contributed by atoms with van der Waals surface area (Å²) in [4.78, 5) is 36.0. The Kier molecular flexibility index (Phi) is 5.95. The lowest BCUT2D eigenvalue weighted by molar-refractivity contribution is -0.168. The van der Waals surface area contributed by atoms with Gasteiger partial charge in [-0.15, -0.1) is 0 Å². The topological polar surface area (TPSA) is 94.8 Å². The summed E-state index contributed by atoms with van der Waals surface area (Å²) >= 11 is 0. The van der Waals surface area contributed by atoms with Crippen molar-refractivity contribution in [3.05, 3.63) is 24.2 Å². The van der Waals surface area contributed by atoms with Gasteiger partial charge in [-0.05, 0) is 25.5 Å². The standard InChI is InChI=1S/C14H19NO6/c1-4-20-12(17)14(15-10(3)16,13(18)21-5-2)8-11-6-7-19-9-11/h6-7,9H,4-5,8H2,1-3H3,(H,15,16). The second-order valence-corrected chi connectivity index (χ2v) is 4.34. The Morgan fingerprint density at radius 3 is 2.14 bits per heavy atom. The molecule has 0 unspecified atom stereocenters. The van der Waals surface area contributed by atoms with E-state index in [9.17, 15) is 14.4 Å². The van der Waals surface area contributed by atoms with E-state index in [1.54, 1.807) is 19.9 Å². The van der Waals surface area contributed by atoms with Crippen LogP contribution in [0.25, 0.3) is 0 Å². The first-order valence-corrected chi connectivity index (χ1v) is 6.60. The Labute approximate surface area is 122 Å². The molecule has 0 spiro atoms. The Balaban J connectivity index is 3.21. The quantitative estimate of drug-likeness (QED) is 0.591. The van der Waals surface area contributed by atoms with E-state index in [-0.39, 0.29) is 19.6 Å². The highest BCUT2D eigenvalue weighted by Crippen LogP contribution is 2.19. The lowest BCUT2D eigenvalue weighted by Gasteiger charge is -2.29. The van der Waals surface area contributed by atoms with E-state index in [1.807, 2.05) is 0 Å². The number of nitrogens with one attached hydrogen (secondary N) is 1. The van der Waals surface area contributed by atoms with Gasteiger partial charge in [0.1, 0.15) is 0 Å². The van der Waals surface area contributed by atoms with Gasteiger partial charge in [0, 0.05) is 13.3 Å². The van der Waals surface area contributed by atoms with Crippen molar-refractivity contribution >= 4 is 17.8 Å². The minimum absolute atomic E-state index is 0.0744. The molecular formula is C14H19NO6. The Hall–Kier alpha value is -2.31. The highest BCUT2D eigenvalue weighted by Gasteiger charge is 2.50. The summed E-state index contributed by atoms with van der Waals surface area (Å²) in [6, 6.07) is 1.59. The molecule has 116 valence electrons. The average Bonchev–Trinajstić information content (AvgIpc) is 2.90. The van der Waals surface area contributed by atoms with Crippen LogP contribution in [-0.4, -0.2) is 36.6 Å². The molecule has 0 saturated carbocycles. The van der Waals surface area contributed by atoms with E-state index in [1.165, 1.54) is 19.5 Å². The third-order valence-electron chi connectivity index (χ3n) is 2.69. The maximum atomic E-state index is 12.3. The highest BCUT2D eigenvalue weighted by molar-refractivity contribution is 6.08. The van der Waals surface area contributed by atoms with Crippen LogP contribution in [0.15, 0.2) is 23.0 Å². The summed E-state index contributed by atoms with van der Waals surface area (Å²) in [5, 5.41) is 2.37. The smallest absolute Gasteiger partial charge is 0.344 e. The average molecular weight is 297 g/mol. The van der Waals surface area contributed by atoms with E-state index in [2.05, 4.69) is 5.32 Å². The zero-order chi connectivity index (χ0) is 15.9. The molecule has 21 heavy (non-hydrogen) atoms. The summed E-state index contributed by atoms with van der Waals surface area (Å²) in [7, 11) is 0. The molecule has 0 atom stereocenters. The molecule has 1 amide bonds.